The molecule has 0 aromatic heterocycles. The number of esters is 1. The summed E-state index contributed by atoms with van der Waals surface area (Å²) in [6.07, 6.45) is 0. The van der Waals surface area contributed by atoms with E-state index in [1.165, 1.54) is 0 Å². The van der Waals surface area contributed by atoms with E-state index >= 15 is 0 Å². The van der Waals surface area contributed by atoms with Crippen LogP contribution < -0.4 is 0 Å². The van der Waals surface area contributed by atoms with Gasteiger partial charge in [0.2, 0.25) is 0 Å². The van der Waals surface area contributed by atoms with Gasteiger partial charge in [0.05, 0.1) is 6.61 Å². The number of halogens is 2. The Labute approximate surface area is 75.0 Å². The van der Waals surface area contributed by atoms with Crippen LogP contribution in [0.4, 0.5) is 0 Å². The molecular formula is C6H7Cl2NO2. The Kier molecular flexibility index (Phi) is 4.24. The predicted molar refractivity (Wildman–Crippen MR) is 42.5 cm³/mol. The maximum atomic E-state index is 10.8. The van der Waals surface area contributed by atoms with Gasteiger partial charge in [-0.2, -0.15) is 0 Å². The molecule has 0 N–H and O–H groups in total. The van der Waals surface area contributed by atoms with Crippen molar-refractivity contribution in [2.24, 2.45) is 0 Å². The maximum absolute atomic E-state index is 10.8. The van der Waals surface area contributed by atoms with Crippen molar-refractivity contribution in [1.82, 2.24) is 0 Å². The molecule has 0 aromatic carbocycles. The lowest BCUT2D eigenvalue weighted by molar-refractivity contribution is -0.143. The summed E-state index contributed by atoms with van der Waals surface area (Å²) in [5, 5.41) is 0. The van der Waals surface area contributed by atoms with Crippen LogP contribution in [0.15, 0.2) is 0 Å². The summed E-state index contributed by atoms with van der Waals surface area (Å²) in [5.74, 6) is -0.765. The molecule has 11 heavy (non-hydrogen) atoms. The third-order valence-electron chi connectivity index (χ3n) is 0.852. The second kappa shape index (κ2) is 4.42. The number of rotatable bonds is 3. The monoisotopic (exact) mass is 195 g/mol. The van der Waals surface area contributed by atoms with Crippen LogP contribution in [0, 0.1) is 6.57 Å². The largest absolute Gasteiger partial charge is 0.464 e. The molecule has 3 nitrogen and oxygen atoms in total. The quantitative estimate of drug-likeness (QED) is 0.390. The van der Waals surface area contributed by atoms with Gasteiger partial charge in [-0.15, -0.1) is 0 Å². The molecule has 0 atom stereocenters. The van der Waals surface area contributed by atoms with Gasteiger partial charge >= 0.3 is 5.97 Å². The predicted octanol–water partition coefficient (Wildman–Crippen LogP) is 1.64. The number of carbonyl (C=O) groups excluding carboxylic acids is 1. The van der Waals surface area contributed by atoms with Gasteiger partial charge in [0.1, 0.15) is 0 Å². The molecule has 62 valence electrons. The van der Waals surface area contributed by atoms with Gasteiger partial charge in [-0.3, -0.25) is 0 Å². The van der Waals surface area contributed by atoms with Crippen LogP contribution in [0.1, 0.15) is 6.92 Å². The van der Waals surface area contributed by atoms with Crippen LogP contribution in [-0.4, -0.2) is 23.5 Å². The summed E-state index contributed by atoms with van der Waals surface area (Å²) in [4.78, 5) is 13.7. The van der Waals surface area contributed by atoms with E-state index in [9.17, 15) is 4.79 Å². The Morgan fingerprint density at radius 2 is 2.27 bits per heavy atom. The molecular weight excluding hydrogens is 189 g/mol. The normalized spacial score (nSPS) is 10.4. The second-order valence-electron chi connectivity index (χ2n) is 1.74. The van der Waals surface area contributed by atoms with Crippen molar-refractivity contribution in [2.75, 3.05) is 13.2 Å². The molecule has 0 aromatic rings. The third kappa shape index (κ3) is 3.45. The number of carbonyl (C=O) groups is 1. The number of nitrogens with zero attached hydrogens (tertiary/aromatic N) is 1. The van der Waals surface area contributed by atoms with E-state index in [-0.39, 0.29) is 13.2 Å². The molecule has 0 radical (unpaired) electrons. The first-order chi connectivity index (χ1) is 5.04. The van der Waals surface area contributed by atoms with Gasteiger partial charge in [0.15, 0.2) is 0 Å². The number of hydrogen-bond donors (Lipinski definition) is 0. The molecule has 0 aliphatic heterocycles. The summed E-state index contributed by atoms with van der Waals surface area (Å²) in [6, 6.07) is 0. The van der Waals surface area contributed by atoms with Crippen molar-refractivity contribution >= 4 is 29.2 Å². The Hall–Kier alpha value is -0.460. The molecule has 0 fully saturated rings. The van der Waals surface area contributed by atoms with Crippen LogP contribution in [0.5, 0.6) is 0 Å². The summed E-state index contributed by atoms with van der Waals surface area (Å²) in [5.41, 5.74) is 0. The van der Waals surface area contributed by atoms with E-state index in [1.807, 2.05) is 0 Å². The fourth-order valence-electron chi connectivity index (χ4n) is 0.401. The highest BCUT2D eigenvalue weighted by Gasteiger charge is 2.39. The average Bonchev–Trinajstić information content (AvgIpc) is 1.88. The molecule has 0 unspecified atom stereocenters. The molecule has 0 saturated carbocycles. The Morgan fingerprint density at radius 1 is 1.73 bits per heavy atom. The van der Waals surface area contributed by atoms with Crippen molar-refractivity contribution in [1.29, 1.82) is 0 Å². The van der Waals surface area contributed by atoms with Crippen LogP contribution in [0.3, 0.4) is 0 Å². The first kappa shape index (κ1) is 10.5. The van der Waals surface area contributed by atoms with Crippen LogP contribution in [0.2, 0.25) is 0 Å². The molecule has 0 bridgehead atoms. The highest BCUT2D eigenvalue weighted by Crippen LogP contribution is 2.22. The molecule has 0 heterocycles. The van der Waals surface area contributed by atoms with E-state index in [4.69, 9.17) is 29.8 Å². The second-order valence-corrected chi connectivity index (χ2v) is 3.23. The molecule has 0 saturated heterocycles. The summed E-state index contributed by atoms with van der Waals surface area (Å²) < 4.78 is 2.80. The topological polar surface area (TPSA) is 30.7 Å². The smallest absolute Gasteiger partial charge is 0.350 e. The number of hydrogen-bond acceptors (Lipinski definition) is 2. The standard InChI is InChI=1S/C6H7Cl2NO2/c1-3-11-5(10)6(7,8)4-9-2/h3-4H2,1H3. The molecule has 0 aliphatic carbocycles. The Bertz CT molecular complexity index is 186. The minimum atomic E-state index is -1.71. The zero-order valence-corrected chi connectivity index (χ0v) is 7.45. The molecule has 0 rings (SSSR count). The highest BCUT2D eigenvalue weighted by atomic mass is 35.5. The van der Waals surface area contributed by atoms with Crippen LogP contribution in [-0.2, 0) is 9.53 Å². The van der Waals surface area contributed by atoms with E-state index in [0.29, 0.717) is 0 Å². The summed E-state index contributed by atoms with van der Waals surface area (Å²) >= 11 is 10.9. The summed E-state index contributed by atoms with van der Waals surface area (Å²) in [7, 11) is 0. The number of ether oxygens (including phenoxy) is 1. The van der Waals surface area contributed by atoms with Crippen molar-refractivity contribution in [2.45, 2.75) is 11.3 Å². The zero-order valence-electron chi connectivity index (χ0n) is 5.93. The summed E-state index contributed by atoms with van der Waals surface area (Å²) in [6.45, 7) is 7.99. The fourth-order valence-corrected chi connectivity index (χ4v) is 0.629. The Morgan fingerprint density at radius 3 is 2.64 bits per heavy atom. The van der Waals surface area contributed by atoms with Crippen molar-refractivity contribution in [3.8, 4) is 0 Å². The lowest BCUT2D eigenvalue weighted by Crippen LogP contribution is -2.30. The molecule has 0 amide bonds. The van der Waals surface area contributed by atoms with E-state index < -0.39 is 10.3 Å². The lowest BCUT2D eigenvalue weighted by atomic mass is 10.4. The van der Waals surface area contributed by atoms with Crippen LogP contribution >= 0.6 is 23.2 Å². The zero-order chi connectivity index (χ0) is 8.91. The average molecular weight is 196 g/mol. The first-order valence-corrected chi connectivity index (χ1v) is 3.68. The third-order valence-corrected chi connectivity index (χ3v) is 1.40. The minimum absolute atomic E-state index is 0.206. The molecule has 0 spiro atoms. The number of alkyl halides is 2. The van der Waals surface area contributed by atoms with E-state index in [1.54, 1.807) is 6.92 Å². The van der Waals surface area contributed by atoms with Crippen LogP contribution in [0.25, 0.3) is 4.85 Å². The highest BCUT2D eigenvalue weighted by molar-refractivity contribution is 6.57. The van der Waals surface area contributed by atoms with Gasteiger partial charge in [-0.1, -0.05) is 23.2 Å². The van der Waals surface area contributed by atoms with Gasteiger partial charge in [-0.25, -0.2) is 11.4 Å². The van der Waals surface area contributed by atoms with E-state index in [2.05, 4.69) is 9.58 Å². The van der Waals surface area contributed by atoms with Gasteiger partial charge in [-0.05, 0) is 6.92 Å². The van der Waals surface area contributed by atoms with Gasteiger partial charge in [0.25, 0.3) is 10.9 Å². The van der Waals surface area contributed by atoms with E-state index in [0.717, 1.165) is 0 Å². The maximum Gasteiger partial charge on any atom is 0.350 e. The molecule has 0 aliphatic rings. The van der Waals surface area contributed by atoms with Crippen molar-refractivity contribution in [3.05, 3.63) is 11.4 Å². The minimum Gasteiger partial charge on any atom is -0.464 e. The van der Waals surface area contributed by atoms with Gasteiger partial charge in [0, 0.05) is 0 Å². The van der Waals surface area contributed by atoms with Crippen molar-refractivity contribution < 1.29 is 9.53 Å². The van der Waals surface area contributed by atoms with Crippen molar-refractivity contribution in [3.63, 3.8) is 0 Å². The first-order valence-electron chi connectivity index (χ1n) is 2.93. The fraction of sp³-hybridized carbons (Fsp3) is 0.667. The Balaban J connectivity index is 4.08. The lowest BCUT2D eigenvalue weighted by Gasteiger charge is -2.10. The SMILES string of the molecule is [C-]#[N+]CC(Cl)(Cl)C(=O)OCC. The van der Waals surface area contributed by atoms with Gasteiger partial charge < -0.3 is 9.58 Å². The molecule has 5 heteroatoms.